The first kappa shape index (κ1) is 37.4. The van der Waals surface area contributed by atoms with Gasteiger partial charge in [-0.1, -0.05) is 57.6 Å². The van der Waals surface area contributed by atoms with Crippen LogP contribution in [0.5, 0.6) is 0 Å². The van der Waals surface area contributed by atoms with Gasteiger partial charge in [0.1, 0.15) is 6.17 Å². The van der Waals surface area contributed by atoms with Crippen molar-refractivity contribution in [3.05, 3.63) is 12.2 Å². The van der Waals surface area contributed by atoms with E-state index < -0.39 is 29.7 Å². The number of carboxylic acid groups (broad SMARTS) is 1. The second-order valence-corrected chi connectivity index (χ2v) is 14.6. The van der Waals surface area contributed by atoms with Crippen molar-refractivity contribution in [1.82, 2.24) is 0 Å². The Morgan fingerprint density at radius 2 is 1.82 bits per heavy atom. The SMILES string of the molecule is CCCCCC1C=CC(CCCCCC(C(=O)[O-])C(O)CCC2(O)CC(CC3CC[NH2+]C(N)C3)C(CCCO)C2O)C(O)C1. The number of aliphatic hydroxyl groups excluding tert-OH is 4. The molecule has 0 aromatic heterocycles. The van der Waals surface area contributed by atoms with Gasteiger partial charge in [-0.05, 0) is 94.3 Å². The molecule has 0 aromatic rings. The molecule has 256 valence electrons. The van der Waals surface area contributed by atoms with Crippen LogP contribution < -0.4 is 16.2 Å². The van der Waals surface area contributed by atoms with Crippen LogP contribution in [0.2, 0.25) is 0 Å². The summed E-state index contributed by atoms with van der Waals surface area (Å²) in [5.74, 6) is -1.31. The van der Waals surface area contributed by atoms with Crippen molar-refractivity contribution in [2.45, 2.75) is 153 Å². The Balaban J connectivity index is 1.44. The van der Waals surface area contributed by atoms with Gasteiger partial charge in [-0.2, -0.15) is 0 Å². The summed E-state index contributed by atoms with van der Waals surface area (Å²) < 4.78 is 0. The lowest BCUT2D eigenvalue weighted by Gasteiger charge is -2.31. The van der Waals surface area contributed by atoms with E-state index in [0.29, 0.717) is 43.9 Å². The zero-order chi connectivity index (χ0) is 32.1. The number of hydrogen-bond acceptors (Lipinski definition) is 8. The minimum absolute atomic E-state index is 0.0289. The molecule has 2 aliphatic carbocycles. The third-order valence-electron chi connectivity index (χ3n) is 11.2. The van der Waals surface area contributed by atoms with Gasteiger partial charge in [0, 0.05) is 30.8 Å². The van der Waals surface area contributed by atoms with E-state index in [1.165, 1.54) is 19.3 Å². The Morgan fingerprint density at radius 1 is 1.05 bits per heavy atom. The van der Waals surface area contributed by atoms with E-state index in [0.717, 1.165) is 57.9 Å². The fraction of sp³-hybridized carbons (Fsp3) is 0.914. The molecule has 9 N–H and O–H groups in total. The molecule has 9 heteroatoms. The van der Waals surface area contributed by atoms with E-state index in [1.807, 2.05) is 0 Å². The van der Waals surface area contributed by atoms with Crippen LogP contribution in [-0.2, 0) is 4.79 Å². The number of quaternary nitrogens is 1. The number of carbonyl (C=O) groups is 1. The highest BCUT2D eigenvalue weighted by Gasteiger charge is 2.52. The van der Waals surface area contributed by atoms with Gasteiger partial charge in [-0.15, -0.1) is 0 Å². The monoisotopic (exact) mass is 624 g/mol. The maximum atomic E-state index is 12.0. The molecule has 9 nitrogen and oxygen atoms in total. The molecule has 0 radical (unpaired) electrons. The van der Waals surface area contributed by atoms with Crippen LogP contribution in [0, 0.1) is 35.5 Å². The number of carbonyl (C=O) groups excluding carboxylic acids is 1. The first-order chi connectivity index (χ1) is 21.1. The van der Waals surface area contributed by atoms with Crippen molar-refractivity contribution in [1.29, 1.82) is 0 Å². The summed E-state index contributed by atoms with van der Waals surface area (Å²) in [7, 11) is 0. The standard InChI is InChI=1S/C35H64N2O7/c1-2-3-5-9-24-13-14-26(31(40)21-24)10-6-4-7-11-29(34(42)43)30(39)15-17-35(44)23-27(28(33(35)41)12-8-19-38)20-25-16-18-37-32(36)22-25/h13-14,24-33,37-41,44H,2-12,15-23,36H2,1H3,(H,42,43). The summed E-state index contributed by atoms with van der Waals surface area (Å²) in [5, 5.41) is 67.9. The van der Waals surface area contributed by atoms with Crippen LogP contribution in [0.4, 0.5) is 0 Å². The van der Waals surface area contributed by atoms with Crippen molar-refractivity contribution < 1.29 is 40.8 Å². The molecule has 0 bridgehead atoms. The number of hydrogen-bond donors (Lipinski definition) is 7. The molecule has 3 rings (SSSR count). The largest absolute Gasteiger partial charge is 0.550 e. The minimum Gasteiger partial charge on any atom is -0.550 e. The van der Waals surface area contributed by atoms with Crippen molar-refractivity contribution >= 4 is 5.97 Å². The quantitative estimate of drug-likeness (QED) is 0.0789. The number of rotatable bonds is 20. The van der Waals surface area contributed by atoms with Crippen LogP contribution in [0.1, 0.15) is 122 Å². The molecule has 0 spiro atoms. The average Bonchev–Trinajstić information content (AvgIpc) is 3.21. The van der Waals surface area contributed by atoms with Gasteiger partial charge in [0.25, 0.3) is 0 Å². The Kier molecular flexibility index (Phi) is 16.1. The Hall–Kier alpha value is -1.07. The number of aliphatic hydroxyl groups is 5. The zero-order valence-electron chi connectivity index (χ0n) is 27.3. The summed E-state index contributed by atoms with van der Waals surface area (Å²) in [6, 6.07) is 0. The highest BCUT2D eigenvalue weighted by Crippen LogP contribution is 2.48. The number of allylic oxidation sites excluding steroid dienone is 1. The first-order valence-corrected chi connectivity index (χ1v) is 17.9. The molecule has 1 aliphatic heterocycles. The summed E-state index contributed by atoms with van der Waals surface area (Å²) in [6.45, 7) is 3.20. The highest BCUT2D eigenvalue weighted by molar-refractivity contribution is 5.68. The lowest BCUT2D eigenvalue weighted by molar-refractivity contribution is -0.699. The van der Waals surface area contributed by atoms with E-state index in [9.17, 15) is 35.4 Å². The number of aliphatic carboxylic acids is 1. The number of unbranched alkanes of at least 4 members (excludes halogenated alkanes) is 4. The van der Waals surface area contributed by atoms with E-state index in [2.05, 4.69) is 24.4 Å². The van der Waals surface area contributed by atoms with Crippen LogP contribution in [0.3, 0.4) is 0 Å². The summed E-state index contributed by atoms with van der Waals surface area (Å²) in [5.41, 5.74) is 4.77. The van der Waals surface area contributed by atoms with Gasteiger partial charge in [0.15, 0.2) is 0 Å². The Bertz CT molecular complexity index is 859. The molecule has 11 atom stereocenters. The fourth-order valence-electron chi connectivity index (χ4n) is 8.54. The second-order valence-electron chi connectivity index (χ2n) is 14.6. The van der Waals surface area contributed by atoms with Gasteiger partial charge >= 0.3 is 0 Å². The zero-order valence-corrected chi connectivity index (χ0v) is 27.3. The average molecular weight is 625 g/mol. The van der Waals surface area contributed by atoms with E-state index >= 15 is 0 Å². The highest BCUT2D eigenvalue weighted by atomic mass is 16.4. The van der Waals surface area contributed by atoms with Gasteiger partial charge in [0.05, 0.1) is 30.5 Å². The Labute approximate surface area is 265 Å². The summed E-state index contributed by atoms with van der Waals surface area (Å²) >= 11 is 0. The number of nitrogens with two attached hydrogens (primary N) is 2. The molecule has 0 aromatic carbocycles. The van der Waals surface area contributed by atoms with Crippen LogP contribution in [0.25, 0.3) is 0 Å². The van der Waals surface area contributed by atoms with Crippen LogP contribution in [0.15, 0.2) is 12.2 Å². The second kappa shape index (κ2) is 18.9. The van der Waals surface area contributed by atoms with Crippen molar-refractivity contribution in [2.24, 2.45) is 41.2 Å². The molecule has 11 unspecified atom stereocenters. The minimum atomic E-state index is -1.39. The number of carboxylic acids is 1. The summed E-state index contributed by atoms with van der Waals surface area (Å²) in [4.78, 5) is 12.0. The lowest BCUT2D eigenvalue weighted by Crippen LogP contribution is -2.94. The Morgan fingerprint density at radius 3 is 2.50 bits per heavy atom. The van der Waals surface area contributed by atoms with E-state index in [-0.39, 0.29) is 49.5 Å². The number of piperidine rings is 1. The molecule has 3 aliphatic rings. The first-order valence-electron chi connectivity index (χ1n) is 17.9. The molecule has 2 fully saturated rings. The molecule has 1 saturated carbocycles. The normalized spacial score (nSPS) is 35.5. The van der Waals surface area contributed by atoms with Crippen molar-refractivity contribution in [2.75, 3.05) is 13.2 Å². The predicted molar refractivity (Wildman–Crippen MR) is 169 cm³/mol. The molecule has 1 heterocycles. The van der Waals surface area contributed by atoms with Gasteiger partial charge in [-0.3, -0.25) is 5.73 Å². The predicted octanol–water partition coefficient (Wildman–Crippen LogP) is 1.73. The molecular weight excluding hydrogens is 560 g/mol. The third kappa shape index (κ3) is 11.3. The van der Waals surface area contributed by atoms with Gasteiger partial charge in [-0.25, -0.2) is 0 Å². The van der Waals surface area contributed by atoms with E-state index in [4.69, 9.17) is 5.73 Å². The topological polar surface area (TPSA) is 184 Å². The fourth-order valence-corrected chi connectivity index (χ4v) is 8.54. The van der Waals surface area contributed by atoms with Crippen LogP contribution in [-0.4, -0.2) is 74.7 Å². The smallest absolute Gasteiger partial charge is 0.137 e. The maximum absolute atomic E-state index is 12.0. The molecular formula is C35H64N2O7. The maximum Gasteiger partial charge on any atom is 0.137 e. The molecule has 0 amide bonds. The van der Waals surface area contributed by atoms with Crippen molar-refractivity contribution in [3.63, 3.8) is 0 Å². The van der Waals surface area contributed by atoms with Crippen LogP contribution >= 0.6 is 0 Å². The molecule has 1 saturated heterocycles. The third-order valence-corrected chi connectivity index (χ3v) is 11.2. The van der Waals surface area contributed by atoms with E-state index in [1.54, 1.807) is 0 Å². The summed E-state index contributed by atoms with van der Waals surface area (Å²) in [6.07, 6.45) is 15.8. The van der Waals surface area contributed by atoms with Gasteiger partial charge < -0.3 is 40.8 Å². The van der Waals surface area contributed by atoms with Crippen molar-refractivity contribution in [3.8, 4) is 0 Å². The lowest BCUT2D eigenvalue weighted by atomic mass is 9.80. The molecule has 44 heavy (non-hydrogen) atoms. The van der Waals surface area contributed by atoms with Gasteiger partial charge in [0.2, 0.25) is 0 Å².